The molecule has 1 saturated heterocycles. The monoisotopic (exact) mass is 427 g/mol. The number of nitrogens with one attached hydrogen (secondary N) is 1. The van der Waals surface area contributed by atoms with Crippen LogP contribution in [0.15, 0.2) is 48.2 Å². The summed E-state index contributed by atoms with van der Waals surface area (Å²) in [4.78, 5) is 14.5. The minimum absolute atomic E-state index is 0.200. The third-order valence-electron chi connectivity index (χ3n) is 5.71. The van der Waals surface area contributed by atoms with Crippen LogP contribution in [0.1, 0.15) is 43.5 Å². The zero-order valence-electron chi connectivity index (χ0n) is 19.4. The molecule has 6 nitrogen and oxygen atoms in total. The lowest BCUT2D eigenvalue weighted by Gasteiger charge is -2.44. The zero-order valence-corrected chi connectivity index (χ0v) is 19.4. The number of carbonyl (C=O) groups excluding carboxylic acids is 1. The molecule has 1 aliphatic heterocycles. The maximum absolute atomic E-state index is 12.1. The van der Waals surface area contributed by atoms with Crippen LogP contribution in [0.25, 0.3) is 0 Å². The Kier molecular flexibility index (Phi) is 8.89. The number of rotatable bonds is 10. The number of aliphatic hydroxyl groups excluding tert-OH is 1. The molecular weight excluding hydrogens is 390 g/mol. The van der Waals surface area contributed by atoms with Gasteiger partial charge in [0.1, 0.15) is 12.4 Å². The molecule has 6 heteroatoms. The number of nitrogens with two attached hydrogens (primary N) is 1. The molecule has 2 atom stereocenters. The van der Waals surface area contributed by atoms with Crippen LogP contribution in [0.5, 0.6) is 5.75 Å². The summed E-state index contributed by atoms with van der Waals surface area (Å²) in [5, 5.41) is 12.4. The SMILES string of the molecule is C=C(C)/C=C\C=C(/N)C(=O)NCC1CN(C(C)c2ccc(OC[C@@H](C)O)c(C)c2C)C1. The Bertz CT molecular complexity index is 852. The molecule has 170 valence electrons. The highest BCUT2D eigenvalue weighted by Crippen LogP contribution is 2.34. The molecule has 0 aromatic heterocycles. The number of likely N-dealkylation sites (tertiary alicyclic amines) is 1. The summed E-state index contributed by atoms with van der Waals surface area (Å²) in [7, 11) is 0. The van der Waals surface area contributed by atoms with E-state index in [0.717, 1.165) is 30.0 Å². The van der Waals surface area contributed by atoms with Gasteiger partial charge in [0.05, 0.1) is 11.8 Å². The van der Waals surface area contributed by atoms with Crippen molar-refractivity contribution in [3.63, 3.8) is 0 Å². The van der Waals surface area contributed by atoms with Gasteiger partial charge in [0.2, 0.25) is 0 Å². The first-order chi connectivity index (χ1) is 14.6. The maximum atomic E-state index is 12.1. The Morgan fingerprint density at radius 3 is 2.65 bits per heavy atom. The summed E-state index contributed by atoms with van der Waals surface area (Å²) in [6, 6.07) is 4.39. The number of benzene rings is 1. The third kappa shape index (κ3) is 6.97. The van der Waals surface area contributed by atoms with Gasteiger partial charge in [-0.3, -0.25) is 9.69 Å². The van der Waals surface area contributed by atoms with Gasteiger partial charge in [-0.15, -0.1) is 0 Å². The topological polar surface area (TPSA) is 87.8 Å². The van der Waals surface area contributed by atoms with Crippen LogP contribution < -0.4 is 15.8 Å². The zero-order chi connectivity index (χ0) is 23.1. The van der Waals surface area contributed by atoms with Gasteiger partial charge in [0, 0.05) is 31.6 Å². The molecule has 2 rings (SSSR count). The third-order valence-corrected chi connectivity index (χ3v) is 5.71. The van der Waals surface area contributed by atoms with E-state index < -0.39 is 6.10 Å². The molecule has 0 spiro atoms. The summed E-state index contributed by atoms with van der Waals surface area (Å²) < 4.78 is 5.71. The molecule has 1 heterocycles. The smallest absolute Gasteiger partial charge is 0.267 e. The van der Waals surface area contributed by atoms with Crippen LogP contribution in [0.2, 0.25) is 0 Å². The number of aliphatic hydroxyl groups is 1. The van der Waals surface area contributed by atoms with Crippen LogP contribution >= 0.6 is 0 Å². The van der Waals surface area contributed by atoms with Crippen molar-refractivity contribution in [3.8, 4) is 5.75 Å². The molecule has 1 amide bonds. The molecular formula is C25H37N3O3. The summed E-state index contributed by atoms with van der Waals surface area (Å²) in [5.74, 6) is 1.000. The maximum Gasteiger partial charge on any atom is 0.267 e. The average Bonchev–Trinajstić information content (AvgIpc) is 2.66. The van der Waals surface area contributed by atoms with Gasteiger partial charge in [-0.25, -0.2) is 0 Å². The van der Waals surface area contributed by atoms with Crippen LogP contribution in [0.3, 0.4) is 0 Å². The number of carbonyl (C=O) groups is 1. The van der Waals surface area contributed by atoms with E-state index in [-0.39, 0.29) is 17.6 Å². The number of nitrogens with zero attached hydrogens (tertiary/aromatic N) is 1. The number of ether oxygens (including phenoxy) is 1. The van der Waals surface area contributed by atoms with E-state index >= 15 is 0 Å². The number of allylic oxidation sites excluding steroid dienone is 4. The molecule has 0 aliphatic carbocycles. The second-order valence-corrected chi connectivity index (χ2v) is 8.60. The fourth-order valence-electron chi connectivity index (χ4n) is 3.62. The minimum Gasteiger partial charge on any atom is -0.491 e. The fourth-order valence-corrected chi connectivity index (χ4v) is 3.62. The molecule has 0 bridgehead atoms. The van der Waals surface area contributed by atoms with Gasteiger partial charge >= 0.3 is 0 Å². The molecule has 4 N–H and O–H groups in total. The first-order valence-corrected chi connectivity index (χ1v) is 10.8. The normalized spacial score (nSPS) is 17.3. The average molecular weight is 428 g/mol. The Morgan fingerprint density at radius 2 is 2.03 bits per heavy atom. The quantitative estimate of drug-likeness (QED) is 0.394. The Hall–Kier alpha value is -2.57. The van der Waals surface area contributed by atoms with Crippen LogP contribution in [-0.2, 0) is 4.79 Å². The molecule has 0 radical (unpaired) electrons. The van der Waals surface area contributed by atoms with E-state index in [4.69, 9.17) is 10.5 Å². The van der Waals surface area contributed by atoms with Gasteiger partial charge in [0.25, 0.3) is 5.91 Å². The van der Waals surface area contributed by atoms with E-state index in [1.54, 1.807) is 25.2 Å². The van der Waals surface area contributed by atoms with Crippen molar-refractivity contribution in [3.05, 3.63) is 64.9 Å². The molecule has 1 aromatic carbocycles. The van der Waals surface area contributed by atoms with E-state index in [0.29, 0.717) is 19.1 Å². The van der Waals surface area contributed by atoms with Crippen LogP contribution in [-0.4, -0.2) is 48.3 Å². The van der Waals surface area contributed by atoms with E-state index in [1.165, 1.54) is 11.1 Å². The second-order valence-electron chi connectivity index (χ2n) is 8.60. The summed E-state index contributed by atoms with van der Waals surface area (Å²) in [5.41, 5.74) is 10.5. The van der Waals surface area contributed by atoms with Gasteiger partial charge < -0.3 is 20.9 Å². The largest absolute Gasteiger partial charge is 0.491 e. The molecule has 1 unspecified atom stereocenters. The molecule has 31 heavy (non-hydrogen) atoms. The van der Waals surface area contributed by atoms with Gasteiger partial charge in [0.15, 0.2) is 0 Å². The van der Waals surface area contributed by atoms with E-state index in [1.807, 2.05) is 13.0 Å². The minimum atomic E-state index is -0.490. The lowest BCUT2D eigenvalue weighted by Crippen LogP contribution is -2.52. The molecule has 1 aliphatic rings. The Labute approximate surface area is 186 Å². The summed E-state index contributed by atoms with van der Waals surface area (Å²) in [6.07, 6.45) is 4.64. The predicted octanol–water partition coefficient (Wildman–Crippen LogP) is 3.15. The van der Waals surface area contributed by atoms with E-state index in [9.17, 15) is 9.90 Å². The van der Waals surface area contributed by atoms with Crippen molar-refractivity contribution >= 4 is 5.91 Å². The number of amides is 1. The molecule has 0 saturated carbocycles. The highest BCUT2D eigenvalue weighted by atomic mass is 16.5. The van der Waals surface area contributed by atoms with E-state index in [2.05, 4.69) is 43.6 Å². The van der Waals surface area contributed by atoms with Crippen molar-refractivity contribution in [2.45, 2.75) is 46.8 Å². The lowest BCUT2D eigenvalue weighted by molar-refractivity contribution is -0.118. The van der Waals surface area contributed by atoms with Crippen LogP contribution in [0, 0.1) is 19.8 Å². The molecule has 1 aromatic rings. The van der Waals surface area contributed by atoms with Crippen LogP contribution in [0.4, 0.5) is 0 Å². The number of hydrogen-bond donors (Lipinski definition) is 3. The predicted molar refractivity (Wildman–Crippen MR) is 126 cm³/mol. The standard InChI is InChI=1S/C25H37N3O3/c1-16(2)8-7-9-23(26)25(30)27-12-21-13-28(14-21)20(6)22-10-11-24(19(5)18(22)4)31-15-17(3)29/h7-11,17,20-21,29H,1,12-15,26H2,2-6H3,(H,27,30)/b8-7-,23-9-/t17-,20?/m1/s1. The molecule has 1 fully saturated rings. The highest BCUT2D eigenvalue weighted by Gasteiger charge is 2.32. The highest BCUT2D eigenvalue weighted by molar-refractivity contribution is 5.92. The number of hydrogen-bond acceptors (Lipinski definition) is 5. The van der Waals surface area contributed by atoms with Crippen molar-refractivity contribution < 1.29 is 14.6 Å². The lowest BCUT2D eigenvalue weighted by atomic mass is 9.91. The van der Waals surface area contributed by atoms with Crippen molar-refractivity contribution in [2.75, 3.05) is 26.2 Å². The second kappa shape index (κ2) is 11.2. The van der Waals surface area contributed by atoms with Gasteiger partial charge in [-0.05, 0) is 63.5 Å². The van der Waals surface area contributed by atoms with Crippen molar-refractivity contribution in [1.29, 1.82) is 0 Å². The Balaban J connectivity index is 1.85. The van der Waals surface area contributed by atoms with Crippen molar-refractivity contribution in [2.24, 2.45) is 11.7 Å². The summed E-state index contributed by atoms with van der Waals surface area (Å²) in [6.45, 7) is 16.5. The van der Waals surface area contributed by atoms with Gasteiger partial charge in [-0.2, -0.15) is 0 Å². The summed E-state index contributed by atoms with van der Waals surface area (Å²) >= 11 is 0. The first kappa shape index (κ1) is 24.7. The first-order valence-electron chi connectivity index (χ1n) is 10.8. The Morgan fingerprint density at radius 1 is 1.35 bits per heavy atom. The fraction of sp³-hybridized carbons (Fsp3) is 0.480. The van der Waals surface area contributed by atoms with Crippen molar-refractivity contribution in [1.82, 2.24) is 10.2 Å². The van der Waals surface area contributed by atoms with Gasteiger partial charge in [-0.1, -0.05) is 30.4 Å².